The molecule has 0 aromatic heterocycles. The monoisotopic (exact) mass is 383 g/mol. The summed E-state index contributed by atoms with van der Waals surface area (Å²) < 4.78 is 7.79. The summed E-state index contributed by atoms with van der Waals surface area (Å²) in [6, 6.07) is 14.1. The van der Waals surface area contributed by atoms with Crippen LogP contribution >= 0.6 is 31.9 Å². The fourth-order valence-corrected chi connectivity index (χ4v) is 2.43. The molecule has 0 spiro atoms. The minimum absolute atomic E-state index is 0.0248. The topological polar surface area (TPSA) is 35.2 Å². The van der Waals surface area contributed by atoms with Crippen LogP contribution < -0.4 is 10.5 Å². The fraction of sp³-hybridized carbons (Fsp3) is 0.200. The van der Waals surface area contributed by atoms with Crippen LogP contribution in [0.3, 0.4) is 0 Å². The summed E-state index contributed by atoms with van der Waals surface area (Å²) in [5, 5.41) is 0. The second kappa shape index (κ2) is 6.55. The largest absolute Gasteiger partial charge is 0.488 e. The Balaban J connectivity index is 2.05. The zero-order chi connectivity index (χ0) is 13.8. The van der Waals surface area contributed by atoms with Gasteiger partial charge >= 0.3 is 0 Å². The first-order valence-corrected chi connectivity index (χ1v) is 7.57. The van der Waals surface area contributed by atoms with Crippen molar-refractivity contribution in [2.24, 2.45) is 5.73 Å². The molecule has 2 aromatic carbocycles. The second-order valence-electron chi connectivity index (χ2n) is 4.39. The van der Waals surface area contributed by atoms with Gasteiger partial charge in [-0.1, -0.05) is 34.1 Å². The maximum absolute atomic E-state index is 5.85. The third kappa shape index (κ3) is 4.06. The highest BCUT2D eigenvalue weighted by Gasteiger charge is 2.05. The standard InChI is InChI=1S/C15H15Br2NO/c1-10(18)12-4-7-15(14(17)8-12)19-9-11-2-5-13(16)6-3-11/h2-8,10H,9,18H2,1H3/t10-/m1/s1. The van der Waals surface area contributed by atoms with Crippen LogP contribution in [0.2, 0.25) is 0 Å². The molecular weight excluding hydrogens is 370 g/mol. The van der Waals surface area contributed by atoms with E-state index in [9.17, 15) is 0 Å². The molecule has 2 aromatic rings. The van der Waals surface area contributed by atoms with Gasteiger partial charge in [0.05, 0.1) is 4.47 Å². The first-order valence-electron chi connectivity index (χ1n) is 5.98. The molecule has 1 atom stereocenters. The zero-order valence-electron chi connectivity index (χ0n) is 10.6. The first-order chi connectivity index (χ1) is 9.06. The number of benzene rings is 2. The molecule has 0 bridgehead atoms. The van der Waals surface area contributed by atoms with Crippen molar-refractivity contribution in [3.05, 3.63) is 62.5 Å². The molecule has 0 saturated carbocycles. The Morgan fingerprint density at radius 2 is 1.79 bits per heavy atom. The van der Waals surface area contributed by atoms with E-state index in [0.717, 1.165) is 25.8 Å². The van der Waals surface area contributed by atoms with Crippen molar-refractivity contribution in [3.63, 3.8) is 0 Å². The highest BCUT2D eigenvalue weighted by Crippen LogP contribution is 2.28. The van der Waals surface area contributed by atoms with Gasteiger partial charge in [0.15, 0.2) is 0 Å². The summed E-state index contributed by atoms with van der Waals surface area (Å²) in [4.78, 5) is 0. The van der Waals surface area contributed by atoms with Gasteiger partial charge in [-0.25, -0.2) is 0 Å². The van der Waals surface area contributed by atoms with E-state index in [1.807, 2.05) is 49.4 Å². The smallest absolute Gasteiger partial charge is 0.134 e. The average molecular weight is 385 g/mol. The van der Waals surface area contributed by atoms with Gasteiger partial charge in [0.1, 0.15) is 12.4 Å². The van der Waals surface area contributed by atoms with Gasteiger partial charge in [-0.15, -0.1) is 0 Å². The van der Waals surface area contributed by atoms with Crippen molar-refractivity contribution in [1.29, 1.82) is 0 Å². The lowest BCUT2D eigenvalue weighted by atomic mass is 10.1. The van der Waals surface area contributed by atoms with Crippen molar-refractivity contribution < 1.29 is 4.74 Å². The molecule has 2 N–H and O–H groups in total. The van der Waals surface area contributed by atoms with Crippen molar-refractivity contribution in [2.45, 2.75) is 19.6 Å². The highest BCUT2D eigenvalue weighted by atomic mass is 79.9. The van der Waals surface area contributed by atoms with Gasteiger partial charge in [0, 0.05) is 10.5 Å². The summed E-state index contributed by atoms with van der Waals surface area (Å²) in [6.45, 7) is 2.51. The summed E-state index contributed by atoms with van der Waals surface area (Å²) in [5.74, 6) is 0.826. The van der Waals surface area contributed by atoms with Crippen LogP contribution in [0.15, 0.2) is 51.4 Å². The van der Waals surface area contributed by atoms with Crippen LogP contribution in [0, 0.1) is 0 Å². The third-order valence-electron chi connectivity index (χ3n) is 2.79. The predicted octanol–water partition coefficient (Wildman–Crippen LogP) is 4.81. The number of hydrogen-bond acceptors (Lipinski definition) is 2. The van der Waals surface area contributed by atoms with E-state index >= 15 is 0 Å². The summed E-state index contributed by atoms with van der Waals surface area (Å²) in [7, 11) is 0. The lowest BCUT2D eigenvalue weighted by Gasteiger charge is -2.11. The third-order valence-corrected chi connectivity index (χ3v) is 3.94. The van der Waals surface area contributed by atoms with Crippen LogP contribution in [0.1, 0.15) is 24.1 Å². The van der Waals surface area contributed by atoms with Crippen molar-refractivity contribution in [3.8, 4) is 5.75 Å². The SMILES string of the molecule is C[C@@H](N)c1ccc(OCc2ccc(Br)cc2)c(Br)c1. The van der Waals surface area contributed by atoms with Crippen LogP contribution in [0.25, 0.3) is 0 Å². The highest BCUT2D eigenvalue weighted by molar-refractivity contribution is 9.10. The molecule has 4 heteroatoms. The van der Waals surface area contributed by atoms with Crippen LogP contribution in [0.4, 0.5) is 0 Å². The zero-order valence-corrected chi connectivity index (χ0v) is 13.7. The molecule has 0 saturated heterocycles. The Morgan fingerprint density at radius 3 is 2.37 bits per heavy atom. The maximum atomic E-state index is 5.85. The second-order valence-corrected chi connectivity index (χ2v) is 6.16. The molecule has 0 heterocycles. The fourth-order valence-electron chi connectivity index (χ4n) is 1.66. The van der Waals surface area contributed by atoms with Gasteiger partial charge in [0.2, 0.25) is 0 Å². The van der Waals surface area contributed by atoms with Crippen LogP contribution in [-0.4, -0.2) is 0 Å². The molecule has 0 radical (unpaired) electrons. The molecule has 0 aliphatic rings. The van der Waals surface area contributed by atoms with E-state index < -0.39 is 0 Å². The Morgan fingerprint density at radius 1 is 1.11 bits per heavy atom. The van der Waals surface area contributed by atoms with Gasteiger partial charge < -0.3 is 10.5 Å². The minimum atomic E-state index is 0.0248. The molecule has 100 valence electrons. The lowest BCUT2D eigenvalue weighted by molar-refractivity contribution is 0.304. The number of nitrogens with two attached hydrogens (primary N) is 1. The number of hydrogen-bond donors (Lipinski definition) is 1. The van der Waals surface area contributed by atoms with E-state index in [1.165, 1.54) is 0 Å². The number of rotatable bonds is 4. The molecule has 0 aliphatic heterocycles. The lowest BCUT2D eigenvalue weighted by Crippen LogP contribution is -2.05. The van der Waals surface area contributed by atoms with E-state index in [1.54, 1.807) is 0 Å². The van der Waals surface area contributed by atoms with Gasteiger partial charge in [-0.2, -0.15) is 0 Å². The van der Waals surface area contributed by atoms with Crippen LogP contribution in [0.5, 0.6) is 5.75 Å². The Labute approximate surface area is 130 Å². The summed E-state index contributed by atoms with van der Waals surface area (Å²) in [6.07, 6.45) is 0. The van der Waals surface area contributed by atoms with Crippen molar-refractivity contribution in [2.75, 3.05) is 0 Å². The van der Waals surface area contributed by atoms with E-state index in [2.05, 4.69) is 31.9 Å². The van der Waals surface area contributed by atoms with E-state index in [4.69, 9.17) is 10.5 Å². The van der Waals surface area contributed by atoms with E-state index in [-0.39, 0.29) is 6.04 Å². The molecule has 0 fully saturated rings. The number of ether oxygens (including phenoxy) is 1. The normalized spacial score (nSPS) is 12.2. The minimum Gasteiger partial charge on any atom is -0.488 e. The summed E-state index contributed by atoms with van der Waals surface area (Å²) >= 11 is 6.93. The first kappa shape index (κ1) is 14.6. The van der Waals surface area contributed by atoms with Crippen LogP contribution in [-0.2, 0) is 6.61 Å². The average Bonchev–Trinajstić information content (AvgIpc) is 2.39. The van der Waals surface area contributed by atoms with Crippen molar-refractivity contribution >= 4 is 31.9 Å². The van der Waals surface area contributed by atoms with Gasteiger partial charge in [0.25, 0.3) is 0 Å². The molecule has 0 amide bonds. The molecule has 0 aliphatic carbocycles. The molecule has 0 unspecified atom stereocenters. The Bertz CT molecular complexity index is 553. The molecule has 19 heavy (non-hydrogen) atoms. The maximum Gasteiger partial charge on any atom is 0.134 e. The quantitative estimate of drug-likeness (QED) is 0.820. The molecule has 2 nitrogen and oxygen atoms in total. The molecular formula is C15H15Br2NO. The Hall–Kier alpha value is -0.840. The van der Waals surface area contributed by atoms with Gasteiger partial charge in [-0.3, -0.25) is 0 Å². The Kier molecular flexibility index (Phi) is 5.02. The van der Waals surface area contributed by atoms with Crippen molar-refractivity contribution in [1.82, 2.24) is 0 Å². The molecule has 2 rings (SSSR count). The summed E-state index contributed by atoms with van der Waals surface area (Å²) in [5.41, 5.74) is 8.06. The van der Waals surface area contributed by atoms with E-state index in [0.29, 0.717) is 6.61 Å². The predicted molar refractivity (Wildman–Crippen MR) is 85.2 cm³/mol. The van der Waals surface area contributed by atoms with Gasteiger partial charge in [-0.05, 0) is 58.2 Å². The number of halogens is 2.